The zero-order valence-corrected chi connectivity index (χ0v) is 12.2. The van der Waals surface area contributed by atoms with Gasteiger partial charge in [-0.15, -0.1) is 0 Å². The lowest BCUT2D eigenvalue weighted by molar-refractivity contribution is -0.133. The van der Waals surface area contributed by atoms with Crippen molar-refractivity contribution in [1.29, 1.82) is 0 Å². The van der Waals surface area contributed by atoms with Crippen LogP contribution >= 0.6 is 15.9 Å². The van der Waals surface area contributed by atoms with E-state index in [9.17, 15) is 4.79 Å². The maximum atomic E-state index is 12.2. The molecule has 0 unspecified atom stereocenters. The third kappa shape index (κ3) is 3.84. The molecule has 2 nitrogen and oxygen atoms in total. The lowest BCUT2D eigenvalue weighted by Gasteiger charge is -2.29. The van der Waals surface area contributed by atoms with Crippen molar-refractivity contribution >= 4 is 21.8 Å². The lowest BCUT2D eigenvalue weighted by Crippen LogP contribution is -2.34. The molecule has 1 aliphatic carbocycles. The van der Waals surface area contributed by atoms with Gasteiger partial charge in [0.25, 0.3) is 0 Å². The van der Waals surface area contributed by atoms with E-state index in [4.69, 9.17) is 0 Å². The van der Waals surface area contributed by atoms with E-state index in [1.807, 2.05) is 23.1 Å². The van der Waals surface area contributed by atoms with Gasteiger partial charge in [0.1, 0.15) is 0 Å². The Morgan fingerprint density at radius 2 is 2.00 bits per heavy atom. The molecule has 1 aromatic rings. The SMILES string of the molecule is O=C(CC1CCC1)N(CCBr)Cc1ccccc1. The number of amides is 1. The fourth-order valence-electron chi connectivity index (χ4n) is 2.27. The van der Waals surface area contributed by atoms with Gasteiger partial charge in [-0.2, -0.15) is 0 Å². The number of hydrogen-bond donors (Lipinski definition) is 0. The number of hydrogen-bond acceptors (Lipinski definition) is 1. The van der Waals surface area contributed by atoms with Crippen molar-refractivity contribution in [2.75, 3.05) is 11.9 Å². The molecule has 0 saturated heterocycles. The maximum Gasteiger partial charge on any atom is 0.223 e. The number of carbonyl (C=O) groups is 1. The van der Waals surface area contributed by atoms with Crippen molar-refractivity contribution in [1.82, 2.24) is 4.90 Å². The largest absolute Gasteiger partial charge is 0.338 e. The summed E-state index contributed by atoms with van der Waals surface area (Å²) >= 11 is 3.44. The van der Waals surface area contributed by atoms with E-state index in [1.165, 1.54) is 24.8 Å². The third-order valence-corrected chi connectivity index (χ3v) is 3.97. The molecule has 1 aromatic carbocycles. The highest BCUT2D eigenvalue weighted by atomic mass is 79.9. The molecular weight excluding hydrogens is 290 g/mol. The van der Waals surface area contributed by atoms with Crippen molar-refractivity contribution in [3.05, 3.63) is 35.9 Å². The van der Waals surface area contributed by atoms with Crippen LogP contribution in [0.4, 0.5) is 0 Å². The molecule has 0 atom stereocenters. The summed E-state index contributed by atoms with van der Waals surface area (Å²) in [7, 11) is 0. The summed E-state index contributed by atoms with van der Waals surface area (Å²) in [5.74, 6) is 0.953. The van der Waals surface area contributed by atoms with Gasteiger partial charge in [0.2, 0.25) is 5.91 Å². The Hall–Kier alpha value is -0.830. The summed E-state index contributed by atoms with van der Waals surface area (Å²) in [6.07, 6.45) is 4.51. The predicted octanol–water partition coefficient (Wildman–Crippen LogP) is 3.60. The van der Waals surface area contributed by atoms with Crippen LogP contribution in [-0.2, 0) is 11.3 Å². The summed E-state index contributed by atoms with van der Waals surface area (Å²) in [5, 5.41) is 0.843. The number of alkyl halides is 1. The summed E-state index contributed by atoms with van der Waals surface area (Å²) in [6, 6.07) is 10.2. The molecule has 2 rings (SSSR count). The molecule has 0 aliphatic heterocycles. The fraction of sp³-hybridized carbons (Fsp3) is 0.533. The molecule has 0 aromatic heterocycles. The standard InChI is InChI=1S/C15H20BrNO/c16-9-10-17(12-14-5-2-1-3-6-14)15(18)11-13-7-4-8-13/h1-3,5-6,13H,4,7-12H2. The second-order valence-corrected chi connectivity index (χ2v) is 5.78. The first-order valence-electron chi connectivity index (χ1n) is 6.67. The predicted molar refractivity (Wildman–Crippen MR) is 77.6 cm³/mol. The molecule has 3 heteroatoms. The molecule has 1 fully saturated rings. The number of rotatable bonds is 6. The lowest BCUT2D eigenvalue weighted by atomic mass is 9.82. The van der Waals surface area contributed by atoms with Crippen molar-refractivity contribution in [3.8, 4) is 0 Å². The summed E-state index contributed by atoms with van der Waals surface area (Å²) in [6.45, 7) is 1.53. The van der Waals surface area contributed by atoms with E-state index in [1.54, 1.807) is 0 Å². The summed E-state index contributed by atoms with van der Waals surface area (Å²) < 4.78 is 0. The first-order chi connectivity index (χ1) is 8.79. The van der Waals surface area contributed by atoms with Gasteiger partial charge < -0.3 is 4.90 Å². The molecule has 0 N–H and O–H groups in total. The molecular formula is C15H20BrNO. The second kappa shape index (κ2) is 6.93. The molecule has 0 bridgehead atoms. The average molecular weight is 310 g/mol. The van der Waals surface area contributed by atoms with Gasteiger partial charge in [-0.3, -0.25) is 4.79 Å². The van der Waals surface area contributed by atoms with Crippen molar-refractivity contribution in [3.63, 3.8) is 0 Å². The zero-order valence-electron chi connectivity index (χ0n) is 10.6. The second-order valence-electron chi connectivity index (χ2n) is 4.99. The van der Waals surface area contributed by atoms with Crippen LogP contribution in [0, 0.1) is 5.92 Å². The summed E-state index contributed by atoms with van der Waals surface area (Å²) in [4.78, 5) is 14.2. The van der Waals surface area contributed by atoms with Gasteiger partial charge in [-0.05, 0) is 24.3 Å². The van der Waals surface area contributed by atoms with Crippen LogP contribution in [0.5, 0.6) is 0 Å². The highest BCUT2D eigenvalue weighted by molar-refractivity contribution is 9.09. The number of nitrogens with zero attached hydrogens (tertiary/aromatic N) is 1. The highest BCUT2D eigenvalue weighted by Gasteiger charge is 2.23. The normalized spacial score (nSPS) is 15.2. The molecule has 1 aliphatic rings. The summed E-state index contributed by atoms with van der Waals surface area (Å²) in [5.41, 5.74) is 1.21. The first kappa shape index (κ1) is 13.6. The zero-order chi connectivity index (χ0) is 12.8. The number of benzene rings is 1. The van der Waals surface area contributed by atoms with Crippen LogP contribution in [0.15, 0.2) is 30.3 Å². The average Bonchev–Trinajstić information content (AvgIpc) is 2.34. The van der Waals surface area contributed by atoms with Crippen LogP contribution in [0.3, 0.4) is 0 Å². The van der Waals surface area contributed by atoms with E-state index in [2.05, 4.69) is 28.1 Å². The molecule has 98 valence electrons. The van der Waals surface area contributed by atoms with Crippen molar-refractivity contribution in [2.24, 2.45) is 5.92 Å². The molecule has 1 saturated carbocycles. The molecule has 0 radical (unpaired) electrons. The van der Waals surface area contributed by atoms with Gasteiger partial charge >= 0.3 is 0 Å². The molecule has 18 heavy (non-hydrogen) atoms. The minimum atomic E-state index is 0.308. The van der Waals surface area contributed by atoms with E-state index in [0.717, 1.165) is 24.8 Å². The Morgan fingerprint density at radius 3 is 2.56 bits per heavy atom. The minimum Gasteiger partial charge on any atom is -0.338 e. The smallest absolute Gasteiger partial charge is 0.223 e. The van der Waals surface area contributed by atoms with E-state index in [0.29, 0.717) is 11.8 Å². The van der Waals surface area contributed by atoms with Crippen LogP contribution in [-0.4, -0.2) is 22.7 Å². The Bertz CT molecular complexity index is 375. The quantitative estimate of drug-likeness (QED) is 0.735. The fourth-order valence-corrected chi connectivity index (χ4v) is 2.70. The van der Waals surface area contributed by atoms with Crippen LogP contribution in [0.1, 0.15) is 31.2 Å². The van der Waals surface area contributed by atoms with E-state index >= 15 is 0 Å². The maximum absolute atomic E-state index is 12.2. The third-order valence-electron chi connectivity index (χ3n) is 3.61. The molecule has 0 heterocycles. The Kier molecular flexibility index (Phi) is 5.24. The van der Waals surface area contributed by atoms with Crippen molar-refractivity contribution < 1.29 is 4.79 Å². The Morgan fingerprint density at radius 1 is 1.28 bits per heavy atom. The van der Waals surface area contributed by atoms with Crippen molar-refractivity contribution in [2.45, 2.75) is 32.2 Å². The Labute approximate surface area is 117 Å². The van der Waals surface area contributed by atoms with E-state index < -0.39 is 0 Å². The van der Waals surface area contributed by atoms with Gasteiger partial charge in [-0.25, -0.2) is 0 Å². The van der Waals surface area contributed by atoms with Crippen LogP contribution < -0.4 is 0 Å². The van der Waals surface area contributed by atoms with E-state index in [-0.39, 0.29) is 0 Å². The van der Waals surface area contributed by atoms with Crippen LogP contribution in [0.25, 0.3) is 0 Å². The number of halogens is 1. The molecule has 1 amide bonds. The van der Waals surface area contributed by atoms with Gasteiger partial charge in [-0.1, -0.05) is 52.7 Å². The minimum absolute atomic E-state index is 0.308. The molecule has 0 spiro atoms. The Balaban J connectivity index is 1.91. The highest BCUT2D eigenvalue weighted by Crippen LogP contribution is 2.30. The topological polar surface area (TPSA) is 20.3 Å². The first-order valence-corrected chi connectivity index (χ1v) is 7.79. The van der Waals surface area contributed by atoms with Crippen LogP contribution in [0.2, 0.25) is 0 Å². The monoisotopic (exact) mass is 309 g/mol. The van der Waals surface area contributed by atoms with Gasteiger partial charge in [0.15, 0.2) is 0 Å². The van der Waals surface area contributed by atoms with Gasteiger partial charge in [0.05, 0.1) is 0 Å². The van der Waals surface area contributed by atoms with Gasteiger partial charge in [0, 0.05) is 24.8 Å². The number of carbonyl (C=O) groups excluding carboxylic acids is 1.